The largest absolute Gasteiger partial charge is 0.494 e. The maximum atomic E-state index is 12.5. The summed E-state index contributed by atoms with van der Waals surface area (Å²) in [5.74, 6) is 0.464. The van der Waals surface area contributed by atoms with Crippen molar-refractivity contribution in [2.24, 2.45) is 0 Å². The highest BCUT2D eigenvalue weighted by atomic mass is 16.5. The number of ether oxygens (including phenoxy) is 2. The second kappa shape index (κ2) is 17.2. The van der Waals surface area contributed by atoms with Gasteiger partial charge in [-0.15, -0.1) is 0 Å². The molecule has 0 aromatic heterocycles. The Morgan fingerprint density at radius 2 is 1.10 bits per heavy atom. The van der Waals surface area contributed by atoms with E-state index in [2.05, 4.69) is 0 Å². The van der Waals surface area contributed by atoms with E-state index >= 15 is 0 Å². The summed E-state index contributed by atoms with van der Waals surface area (Å²) in [4.78, 5) is 24.8. The molecule has 1 N–H and O–H groups in total. The number of hydrogen-bond acceptors (Lipinski definition) is 5. The number of benzene rings is 3. The van der Waals surface area contributed by atoms with Gasteiger partial charge in [0.05, 0.1) is 24.9 Å². The summed E-state index contributed by atoms with van der Waals surface area (Å²) < 4.78 is 11.2. The molecule has 0 spiro atoms. The van der Waals surface area contributed by atoms with Crippen molar-refractivity contribution >= 4 is 11.8 Å². The van der Waals surface area contributed by atoms with E-state index in [4.69, 9.17) is 9.47 Å². The molecular formula is C34H42O5. The fraction of sp³-hybridized carbons (Fsp3) is 0.412. The fourth-order valence-electron chi connectivity index (χ4n) is 4.41. The van der Waals surface area contributed by atoms with E-state index in [0.717, 1.165) is 43.6 Å². The van der Waals surface area contributed by atoms with Crippen molar-refractivity contribution in [2.45, 2.75) is 77.2 Å². The molecule has 3 rings (SSSR count). The van der Waals surface area contributed by atoms with Gasteiger partial charge in [-0.2, -0.15) is 0 Å². The highest BCUT2D eigenvalue weighted by molar-refractivity contribution is 6.09. The first-order valence-electron chi connectivity index (χ1n) is 14.3. The third-order valence-corrected chi connectivity index (χ3v) is 6.82. The van der Waals surface area contributed by atoms with Crippen LogP contribution >= 0.6 is 0 Å². The molecule has 0 bridgehead atoms. The smallest absolute Gasteiger partial charge is 0.338 e. The average molecular weight is 531 g/mol. The highest BCUT2D eigenvalue weighted by Crippen LogP contribution is 2.18. The summed E-state index contributed by atoms with van der Waals surface area (Å²) in [6.07, 6.45) is 11.1. The Bertz CT molecular complexity index is 1100. The number of unbranched alkanes of at least 4 members (excludes halogenated alkanes) is 9. The van der Waals surface area contributed by atoms with E-state index in [1.165, 1.54) is 38.5 Å². The zero-order valence-electron chi connectivity index (χ0n) is 23.1. The maximum Gasteiger partial charge on any atom is 0.338 e. The van der Waals surface area contributed by atoms with Crippen LogP contribution in [0.4, 0.5) is 0 Å². The number of carbonyl (C=O) groups excluding carboxylic acids is 2. The number of esters is 1. The molecule has 0 aliphatic rings. The Hall–Kier alpha value is -3.44. The van der Waals surface area contributed by atoms with Gasteiger partial charge in [0.1, 0.15) is 5.75 Å². The first kappa shape index (κ1) is 30.1. The lowest BCUT2D eigenvalue weighted by Crippen LogP contribution is -2.07. The Morgan fingerprint density at radius 3 is 1.67 bits per heavy atom. The minimum Gasteiger partial charge on any atom is -0.494 e. The number of hydrogen-bond donors (Lipinski definition) is 1. The van der Waals surface area contributed by atoms with Crippen LogP contribution in [0.2, 0.25) is 0 Å². The first-order chi connectivity index (χ1) is 19.0. The van der Waals surface area contributed by atoms with E-state index in [0.29, 0.717) is 23.3 Å². The molecule has 0 saturated heterocycles. The Morgan fingerprint density at radius 1 is 0.615 bits per heavy atom. The SMILES string of the molecule is CC(O)c1ccc(OCCCCCCCCCCCCOC(=O)c2ccc(C(=O)c3ccccc3)cc2)cc1. The van der Waals surface area contributed by atoms with Gasteiger partial charge in [0, 0.05) is 11.1 Å². The molecule has 0 heterocycles. The van der Waals surface area contributed by atoms with Gasteiger partial charge in [0.15, 0.2) is 5.78 Å². The standard InChI is InChI=1S/C34H42O5/c1-27(35)28-21-23-32(24-22-28)38-25-13-8-6-4-2-3-5-7-9-14-26-39-34(37)31-19-17-30(18-20-31)33(36)29-15-11-10-12-16-29/h10-12,15-24,27,35H,2-9,13-14,25-26H2,1H3. The summed E-state index contributed by atoms with van der Waals surface area (Å²) in [6.45, 7) is 2.92. The summed E-state index contributed by atoms with van der Waals surface area (Å²) in [5, 5.41) is 9.55. The zero-order chi connectivity index (χ0) is 27.7. The predicted octanol–water partition coefficient (Wildman–Crippen LogP) is 8.11. The normalized spacial score (nSPS) is 11.6. The van der Waals surface area contributed by atoms with E-state index in [1.807, 2.05) is 42.5 Å². The number of carbonyl (C=O) groups is 2. The lowest BCUT2D eigenvalue weighted by molar-refractivity contribution is 0.0497. The molecular weight excluding hydrogens is 488 g/mol. The van der Waals surface area contributed by atoms with Crippen molar-refractivity contribution in [1.82, 2.24) is 0 Å². The maximum absolute atomic E-state index is 12.5. The summed E-state index contributed by atoms with van der Waals surface area (Å²) in [7, 11) is 0. The quantitative estimate of drug-likeness (QED) is 0.102. The number of rotatable bonds is 18. The Labute approximate surface area is 233 Å². The molecule has 208 valence electrons. The van der Waals surface area contributed by atoms with E-state index in [1.54, 1.807) is 43.3 Å². The molecule has 1 unspecified atom stereocenters. The van der Waals surface area contributed by atoms with Gasteiger partial charge in [-0.1, -0.05) is 106 Å². The number of aliphatic hydroxyl groups is 1. The van der Waals surface area contributed by atoms with Crippen LogP contribution < -0.4 is 4.74 Å². The molecule has 0 radical (unpaired) electrons. The summed E-state index contributed by atoms with van der Waals surface area (Å²) in [6, 6.07) is 23.4. The van der Waals surface area contributed by atoms with Crippen LogP contribution in [0, 0.1) is 0 Å². The molecule has 0 aliphatic carbocycles. The minimum absolute atomic E-state index is 0.0577. The predicted molar refractivity (Wildman–Crippen MR) is 155 cm³/mol. The van der Waals surface area contributed by atoms with Gasteiger partial charge >= 0.3 is 5.97 Å². The van der Waals surface area contributed by atoms with Crippen LogP contribution in [0.5, 0.6) is 5.75 Å². The van der Waals surface area contributed by atoms with Crippen molar-refractivity contribution < 1.29 is 24.2 Å². The lowest BCUT2D eigenvalue weighted by Gasteiger charge is -2.08. The third kappa shape index (κ3) is 11.1. The van der Waals surface area contributed by atoms with Crippen molar-refractivity contribution in [1.29, 1.82) is 0 Å². The van der Waals surface area contributed by atoms with Gasteiger partial charge < -0.3 is 14.6 Å². The van der Waals surface area contributed by atoms with Crippen molar-refractivity contribution in [2.75, 3.05) is 13.2 Å². The topological polar surface area (TPSA) is 72.8 Å². The summed E-state index contributed by atoms with van der Waals surface area (Å²) in [5.41, 5.74) is 2.56. The average Bonchev–Trinajstić information content (AvgIpc) is 2.97. The van der Waals surface area contributed by atoms with Crippen LogP contribution in [0.25, 0.3) is 0 Å². The molecule has 0 amide bonds. The molecule has 0 fully saturated rings. The van der Waals surface area contributed by atoms with Crippen molar-refractivity contribution in [3.63, 3.8) is 0 Å². The Kier molecular flexibility index (Phi) is 13.3. The molecule has 0 saturated carbocycles. The second-order valence-electron chi connectivity index (χ2n) is 10.0. The third-order valence-electron chi connectivity index (χ3n) is 6.82. The first-order valence-corrected chi connectivity index (χ1v) is 14.3. The molecule has 39 heavy (non-hydrogen) atoms. The van der Waals surface area contributed by atoms with Gasteiger partial charge in [0.2, 0.25) is 0 Å². The highest BCUT2D eigenvalue weighted by Gasteiger charge is 2.11. The van der Waals surface area contributed by atoms with E-state index < -0.39 is 6.10 Å². The van der Waals surface area contributed by atoms with E-state index in [9.17, 15) is 14.7 Å². The second-order valence-corrected chi connectivity index (χ2v) is 10.0. The van der Waals surface area contributed by atoms with Gasteiger partial charge in [-0.3, -0.25) is 4.79 Å². The van der Waals surface area contributed by atoms with Crippen LogP contribution in [-0.2, 0) is 4.74 Å². The molecule has 3 aromatic rings. The fourth-order valence-corrected chi connectivity index (χ4v) is 4.41. The van der Waals surface area contributed by atoms with Gasteiger partial charge in [-0.25, -0.2) is 4.79 Å². The number of ketones is 1. The van der Waals surface area contributed by atoms with Crippen molar-refractivity contribution in [3.05, 3.63) is 101 Å². The lowest BCUT2D eigenvalue weighted by atomic mass is 10.0. The Balaban J connectivity index is 1.13. The van der Waals surface area contributed by atoms with Gasteiger partial charge in [0.25, 0.3) is 0 Å². The van der Waals surface area contributed by atoms with Crippen LogP contribution in [0.3, 0.4) is 0 Å². The van der Waals surface area contributed by atoms with Crippen LogP contribution in [0.1, 0.15) is 109 Å². The van der Waals surface area contributed by atoms with Crippen LogP contribution in [-0.4, -0.2) is 30.1 Å². The minimum atomic E-state index is -0.445. The van der Waals surface area contributed by atoms with Gasteiger partial charge in [-0.05, 0) is 49.6 Å². The number of aliphatic hydroxyl groups excluding tert-OH is 1. The molecule has 5 nitrogen and oxygen atoms in total. The molecule has 3 aromatic carbocycles. The monoisotopic (exact) mass is 530 g/mol. The summed E-state index contributed by atoms with van der Waals surface area (Å²) >= 11 is 0. The van der Waals surface area contributed by atoms with Crippen LogP contribution in [0.15, 0.2) is 78.9 Å². The van der Waals surface area contributed by atoms with Crippen molar-refractivity contribution in [3.8, 4) is 5.75 Å². The molecule has 5 heteroatoms. The molecule has 0 aliphatic heterocycles. The van der Waals surface area contributed by atoms with E-state index in [-0.39, 0.29) is 11.8 Å². The zero-order valence-corrected chi connectivity index (χ0v) is 23.1. The molecule has 1 atom stereocenters.